The van der Waals surface area contributed by atoms with Gasteiger partial charge in [0.25, 0.3) is 0 Å². The summed E-state index contributed by atoms with van der Waals surface area (Å²) in [6.07, 6.45) is 9.36. The highest BCUT2D eigenvalue weighted by molar-refractivity contribution is 6.08. The number of benzene rings is 11. The fourth-order valence-corrected chi connectivity index (χ4v) is 12.2. The normalized spacial score (nSPS) is 17.7. The SMILES string of the molecule is CC1(c2ccccc2)c2ccccc2-c2ccc(C3(C)C=CC=CC3N(c3ccc(-c4ccc(-c5cccc6ccccc56)cc4)cc3)c3ccccc3-c3cccc4cccc(-c5ccccc5)c34)cc21. The van der Waals surface area contributed by atoms with Gasteiger partial charge >= 0.3 is 0 Å². The molecule has 11 aromatic carbocycles. The maximum atomic E-state index is 2.62. The van der Waals surface area contributed by atoms with Crippen molar-refractivity contribution in [3.8, 4) is 55.6 Å². The molecule has 13 rings (SSSR count). The lowest BCUT2D eigenvalue weighted by Crippen LogP contribution is -2.46. The minimum absolute atomic E-state index is 0.108. The lowest BCUT2D eigenvalue weighted by molar-refractivity contribution is 0.510. The molecule has 0 aliphatic heterocycles. The first-order valence-electron chi connectivity index (χ1n) is 25.3. The van der Waals surface area contributed by atoms with Gasteiger partial charge in [0, 0.05) is 27.8 Å². The van der Waals surface area contributed by atoms with Crippen LogP contribution in [0.25, 0.3) is 77.2 Å². The van der Waals surface area contributed by atoms with E-state index < -0.39 is 5.41 Å². The molecule has 2 aliphatic carbocycles. The molecular weight excluding hydrogens is 867 g/mol. The maximum Gasteiger partial charge on any atom is 0.0654 e. The molecule has 0 heterocycles. The van der Waals surface area contributed by atoms with E-state index in [4.69, 9.17) is 0 Å². The highest BCUT2D eigenvalue weighted by Crippen LogP contribution is 2.54. The average molecular weight is 920 g/mol. The molecule has 2 aliphatic rings. The highest BCUT2D eigenvalue weighted by atomic mass is 15.2. The lowest BCUT2D eigenvalue weighted by Gasteiger charge is -2.45. The van der Waals surface area contributed by atoms with E-state index in [-0.39, 0.29) is 11.5 Å². The van der Waals surface area contributed by atoms with E-state index in [0.29, 0.717) is 0 Å². The molecule has 3 unspecified atom stereocenters. The minimum atomic E-state index is -0.451. The van der Waals surface area contributed by atoms with Gasteiger partial charge in [0.05, 0.1) is 6.04 Å². The third-order valence-electron chi connectivity index (χ3n) is 15.9. The molecule has 0 bridgehead atoms. The molecular formula is C71H53N. The summed E-state index contributed by atoms with van der Waals surface area (Å²) >= 11 is 0. The van der Waals surface area contributed by atoms with Crippen molar-refractivity contribution >= 4 is 32.9 Å². The Morgan fingerprint density at radius 2 is 0.917 bits per heavy atom. The first-order chi connectivity index (χ1) is 35.5. The summed E-state index contributed by atoms with van der Waals surface area (Å²) in [6.45, 7) is 4.86. The number of para-hydroxylation sites is 1. The molecule has 72 heavy (non-hydrogen) atoms. The van der Waals surface area contributed by atoms with Crippen LogP contribution in [-0.4, -0.2) is 6.04 Å². The van der Waals surface area contributed by atoms with Crippen LogP contribution in [0.3, 0.4) is 0 Å². The van der Waals surface area contributed by atoms with E-state index in [1.165, 1.54) is 99.4 Å². The molecule has 1 heteroatoms. The van der Waals surface area contributed by atoms with Gasteiger partial charge in [-0.25, -0.2) is 0 Å². The fraction of sp³-hybridized carbons (Fsp3) is 0.0704. The molecule has 1 nitrogen and oxygen atoms in total. The standard InChI is InChI=1S/C71H53N/c1-70(56-43-46-62-61-29-11-13-34-65(61)71(2,66(62)48-56)55-26-7-4-8-27-55)47-16-15-36-68(70)72(57-44-41-50(42-45-57)49-37-39-53(40-38-49)59-31-17-23-51-22-9-10-28-58(51)59)67-35-14-12-30-63(67)64-33-19-25-54-24-18-32-60(69(54)64)52-20-5-3-6-21-52/h3-48,68H,1-2H3. The van der Waals surface area contributed by atoms with Gasteiger partial charge in [-0.3, -0.25) is 0 Å². The van der Waals surface area contributed by atoms with Gasteiger partial charge in [-0.15, -0.1) is 0 Å². The van der Waals surface area contributed by atoms with Crippen molar-refractivity contribution in [2.45, 2.75) is 30.7 Å². The third-order valence-corrected chi connectivity index (χ3v) is 15.9. The topological polar surface area (TPSA) is 3.24 Å². The quantitative estimate of drug-likeness (QED) is 0.139. The monoisotopic (exact) mass is 919 g/mol. The van der Waals surface area contributed by atoms with Crippen molar-refractivity contribution in [2.24, 2.45) is 0 Å². The number of allylic oxidation sites excluding steroid dienone is 2. The van der Waals surface area contributed by atoms with Gasteiger partial charge in [-0.1, -0.05) is 261 Å². The van der Waals surface area contributed by atoms with Crippen molar-refractivity contribution < 1.29 is 0 Å². The van der Waals surface area contributed by atoms with Crippen LogP contribution < -0.4 is 4.90 Å². The Kier molecular flexibility index (Phi) is 10.6. The second-order valence-corrected chi connectivity index (χ2v) is 19.9. The van der Waals surface area contributed by atoms with Crippen molar-refractivity contribution in [3.05, 3.63) is 301 Å². The molecule has 0 saturated carbocycles. The summed E-state index contributed by atoms with van der Waals surface area (Å²) in [6, 6.07) is 94.2. The molecule has 0 spiro atoms. The van der Waals surface area contributed by atoms with Crippen molar-refractivity contribution in [1.82, 2.24) is 0 Å². The molecule has 3 atom stereocenters. The second-order valence-electron chi connectivity index (χ2n) is 19.9. The molecule has 0 amide bonds. The van der Waals surface area contributed by atoms with Crippen LogP contribution in [0.2, 0.25) is 0 Å². The summed E-state index contributed by atoms with van der Waals surface area (Å²) in [5, 5.41) is 4.99. The number of rotatable bonds is 9. The average Bonchev–Trinajstić information content (AvgIpc) is 3.71. The fourth-order valence-electron chi connectivity index (χ4n) is 12.2. The van der Waals surface area contributed by atoms with E-state index in [1.54, 1.807) is 0 Å². The van der Waals surface area contributed by atoms with Crippen molar-refractivity contribution in [3.63, 3.8) is 0 Å². The third kappa shape index (κ3) is 7.07. The molecule has 0 aromatic heterocycles. The van der Waals surface area contributed by atoms with Crippen LogP contribution in [-0.2, 0) is 10.8 Å². The van der Waals surface area contributed by atoms with Crippen LogP contribution in [0.1, 0.15) is 36.1 Å². The second kappa shape index (κ2) is 17.6. The smallest absolute Gasteiger partial charge is 0.0654 e. The van der Waals surface area contributed by atoms with E-state index in [1.807, 2.05) is 0 Å². The number of hydrogen-bond acceptors (Lipinski definition) is 1. The van der Waals surface area contributed by atoms with Crippen LogP contribution in [0.4, 0.5) is 11.4 Å². The zero-order valence-electron chi connectivity index (χ0n) is 40.6. The number of hydrogen-bond donors (Lipinski definition) is 0. The minimum Gasteiger partial charge on any atom is -0.333 e. The predicted molar refractivity (Wildman–Crippen MR) is 305 cm³/mol. The van der Waals surface area contributed by atoms with Gasteiger partial charge in [0.2, 0.25) is 0 Å². The molecule has 0 N–H and O–H groups in total. The Morgan fingerprint density at radius 1 is 0.361 bits per heavy atom. The van der Waals surface area contributed by atoms with E-state index in [2.05, 4.69) is 298 Å². The summed E-state index contributed by atoms with van der Waals surface area (Å²) < 4.78 is 0. The van der Waals surface area contributed by atoms with Crippen LogP contribution in [0.15, 0.2) is 279 Å². The van der Waals surface area contributed by atoms with E-state index in [0.717, 1.165) is 11.4 Å². The first-order valence-corrected chi connectivity index (χ1v) is 25.3. The Morgan fingerprint density at radius 3 is 1.69 bits per heavy atom. The zero-order chi connectivity index (χ0) is 48.2. The Bertz CT molecular complexity index is 3870. The summed E-state index contributed by atoms with van der Waals surface area (Å²) in [5.41, 5.74) is 19.1. The van der Waals surface area contributed by atoms with Crippen LogP contribution in [0, 0.1) is 0 Å². The Hall–Kier alpha value is -8.78. The maximum absolute atomic E-state index is 2.62. The summed E-state index contributed by atoms with van der Waals surface area (Å²) in [7, 11) is 0. The van der Waals surface area contributed by atoms with Gasteiger partial charge in [0.1, 0.15) is 0 Å². The van der Waals surface area contributed by atoms with Crippen molar-refractivity contribution in [1.29, 1.82) is 0 Å². The molecule has 11 aromatic rings. The Labute approximate surface area is 423 Å². The largest absolute Gasteiger partial charge is 0.333 e. The van der Waals surface area contributed by atoms with E-state index >= 15 is 0 Å². The number of fused-ring (bicyclic) bond motifs is 5. The molecule has 0 fully saturated rings. The summed E-state index contributed by atoms with van der Waals surface area (Å²) in [5.74, 6) is 0. The first kappa shape index (κ1) is 43.3. The van der Waals surface area contributed by atoms with Crippen LogP contribution >= 0.6 is 0 Å². The zero-order valence-corrected chi connectivity index (χ0v) is 40.6. The Balaban J connectivity index is 0.971. The summed E-state index contributed by atoms with van der Waals surface area (Å²) in [4.78, 5) is 2.62. The van der Waals surface area contributed by atoms with Gasteiger partial charge in [0.15, 0.2) is 0 Å². The van der Waals surface area contributed by atoms with Crippen LogP contribution in [0.5, 0.6) is 0 Å². The number of anilines is 2. The predicted octanol–water partition coefficient (Wildman–Crippen LogP) is 18.6. The molecule has 342 valence electrons. The van der Waals surface area contributed by atoms with Crippen molar-refractivity contribution in [2.75, 3.05) is 4.90 Å². The molecule has 0 radical (unpaired) electrons. The van der Waals surface area contributed by atoms with Gasteiger partial charge in [-0.05, 0) is 126 Å². The lowest BCUT2D eigenvalue weighted by atomic mass is 9.69. The molecule has 0 saturated heterocycles. The highest BCUT2D eigenvalue weighted by Gasteiger charge is 2.44. The number of nitrogens with zero attached hydrogens (tertiary/aromatic N) is 1. The van der Waals surface area contributed by atoms with Gasteiger partial charge < -0.3 is 4.90 Å². The van der Waals surface area contributed by atoms with E-state index in [9.17, 15) is 0 Å². The van der Waals surface area contributed by atoms with Gasteiger partial charge in [-0.2, -0.15) is 0 Å².